The molecule has 1 aliphatic rings. The molecule has 0 aromatic heterocycles. The molecule has 0 aliphatic carbocycles. The highest BCUT2D eigenvalue weighted by atomic mass is 32.2. The minimum atomic E-state index is -3.50. The van der Waals surface area contributed by atoms with Gasteiger partial charge in [-0.2, -0.15) is 4.31 Å². The van der Waals surface area contributed by atoms with E-state index in [0.29, 0.717) is 37.7 Å². The Hall–Kier alpha value is -2.61. The van der Waals surface area contributed by atoms with Crippen LogP contribution in [0.3, 0.4) is 0 Å². The summed E-state index contributed by atoms with van der Waals surface area (Å²) in [5.74, 6) is 1.46. The van der Waals surface area contributed by atoms with E-state index in [1.807, 2.05) is 55.5 Å². The van der Waals surface area contributed by atoms with Crippen LogP contribution < -0.4 is 9.47 Å². The molecule has 0 amide bonds. The van der Waals surface area contributed by atoms with Crippen molar-refractivity contribution in [3.8, 4) is 11.5 Å². The molecular weight excluding hydrogens is 412 g/mol. The Morgan fingerprint density at radius 2 is 1.61 bits per heavy atom. The Labute approximate surface area is 184 Å². The molecule has 3 aromatic rings. The predicted molar refractivity (Wildman–Crippen MR) is 122 cm³/mol. The van der Waals surface area contributed by atoms with Crippen LogP contribution in [-0.4, -0.2) is 57.5 Å². The summed E-state index contributed by atoms with van der Waals surface area (Å²) in [6.45, 7) is 5.59. The fourth-order valence-corrected chi connectivity index (χ4v) is 5.41. The summed E-state index contributed by atoms with van der Waals surface area (Å²) in [5, 5.41) is 1.98. The first kappa shape index (κ1) is 21.6. The van der Waals surface area contributed by atoms with Crippen LogP contribution in [0.2, 0.25) is 0 Å². The van der Waals surface area contributed by atoms with Crippen LogP contribution in [0.4, 0.5) is 0 Å². The summed E-state index contributed by atoms with van der Waals surface area (Å²) in [5.41, 5.74) is 1.12. The number of sulfonamides is 1. The normalized spacial score (nSPS) is 15.8. The lowest BCUT2D eigenvalue weighted by atomic mass is 10.1. The molecule has 1 fully saturated rings. The second-order valence-electron chi connectivity index (χ2n) is 7.61. The van der Waals surface area contributed by atoms with Crippen molar-refractivity contribution >= 4 is 20.8 Å². The highest BCUT2D eigenvalue weighted by molar-refractivity contribution is 7.89. The maximum Gasteiger partial charge on any atom is 0.243 e. The van der Waals surface area contributed by atoms with Gasteiger partial charge in [0.1, 0.15) is 0 Å². The van der Waals surface area contributed by atoms with Crippen LogP contribution in [0.25, 0.3) is 10.8 Å². The van der Waals surface area contributed by atoms with Crippen LogP contribution in [-0.2, 0) is 16.6 Å². The van der Waals surface area contributed by atoms with Gasteiger partial charge in [-0.1, -0.05) is 36.4 Å². The monoisotopic (exact) mass is 440 g/mol. The average Bonchev–Trinajstić information content (AvgIpc) is 2.80. The minimum Gasteiger partial charge on any atom is -0.493 e. The van der Waals surface area contributed by atoms with Gasteiger partial charge in [0.25, 0.3) is 0 Å². The first-order valence-electron chi connectivity index (χ1n) is 10.5. The van der Waals surface area contributed by atoms with E-state index in [0.717, 1.165) is 34.4 Å². The second kappa shape index (κ2) is 9.26. The van der Waals surface area contributed by atoms with Crippen molar-refractivity contribution in [1.82, 2.24) is 9.21 Å². The second-order valence-corrected chi connectivity index (χ2v) is 9.55. The Morgan fingerprint density at radius 1 is 0.871 bits per heavy atom. The molecule has 0 bridgehead atoms. The van der Waals surface area contributed by atoms with Gasteiger partial charge in [0.2, 0.25) is 10.0 Å². The number of piperazine rings is 1. The molecule has 0 N–H and O–H groups in total. The van der Waals surface area contributed by atoms with E-state index in [2.05, 4.69) is 4.90 Å². The molecule has 0 radical (unpaired) electrons. The van der Waals surface area contributed by atoms with Crippen LogP contribution in [0.1, 0.15) is 12.5 Å². The van der Waals surface area contributed by atoms with Crippen LogP contribution >= 0.6 is 0 Å². The molecule has 0 atom stereocenters. The molecule has 0 unspecified atom stereocenters. The number of methoxy groups -OCH3 is 1. The van der Waals surface area contributed by atoms with Crippen molar-refractivity contribution in [2.45, 2.75) is 18.4 Å². The number of rotatable bonds is 7. The predicted octanol–water partition coefficient (Wildman–Crippen LogP) is 3.75. The molecule has 4 rings (SSSR count). The highest BCUT2D eigenvalue weighted by Crippen LogP contribution is 2.29. The van der Waals surface area contributed by atoms with E-state index in [-0.39, 0.29) is 0 Å². The summed E-state index contributed by atoms with van der Waals surface area (Å²) in [6.07, 6.45) is 0. The SMILES string of the molecule is CCOc1ccc(CN2CCN(S(=O)(=O)c3ccc4ccccc4c3)CC2)cc1OC. The maximum absolute atomic E-state index is 13.2. The van der Waals surface area contributed by atoms with Gasteiger partial charge in [-0.05, 0) is 47.5 Å². The molecule has 1 saturated heterocycles. The minimum absolute atomic E-state index is 0.357. The van der Waals surface area contributed by atoms with E-state index < -0.39 is 10.0 Å². The third-order valence-corrected chi connectivity index (χ3v) is 7.52. The van der Waals surface area contributed by atoms with Crippen LogP contribution in [0, 0.1) is 0 Å². The third kappa shape index (κ3) is 4.69. The van der Waals surface area contributed by atoms with Gasteiger partial charge in [-0.3, -0.25) is 4.90 Å². The smallest absolute Gasteiger partial charge is 0.243 e. The van der Waals surface area contributed by atoms with Gasteiger partial charge < -0.3 is 9.47 Å². The summed E-state index contributed by atoms with van der Waals surface area (Å²) in [4.78, 5) is 2.62. The fraction of sp³-hybridized carbons (Fsp3) is 0.333. The summed E-state index contributed by atoms with van der Waals surface area (Å²) < 4.78 is 38.9. The van der Waals surface area contributed by atoms with Gasteiger partial charge >= 0.3 is 0 Å². The summed E-state index contributed by atoms with van der Waals surface area (Å²) in [6, 6.07) is 19.1. The lowest BCUT2D eigenvalue weighted by Crippen LogP contribution is -2.48. The Kier molecular flexibility index (Phi) is 6.46. The molecular formula is C24H28N2O4S. The molecule has 0 spiro atoms. The van der Waals surface area contributed by atoms with Crippen LogP contribution in [0.5, 0.6) is 11.5 Å². The van der Waals surface area contributed by atoms with Crippen molar-refractivity contribution < 1.29 is 17.9 Å². The van der Waals surface area contributed by atoms with E-state index in [4.69, 9.17) is 9.47 Å². The largest absolute Gasteiger partial charge is 0.493 e. The van der Waals surface area contributed by atoms with E-state index in [9.17, 15) is 8.42 Å². The van der Waals surface area contributed by atoms with Crippen molar-refractivity contribution in [2.75, 3.05) is 39.9 Å². The molecule has 3 aromatic carbocycles. The average molecular weight is 441 g/mol. The molecule has 1 aliphatic heterocycles. The first-order chi connectivity index (χ1) is 15.0. The van der Waals surface area contributed by atoms with Gasteiger partial charge in [-0.15, -0.1) is 0 Å². The quantitative estimate of drug-likeness (QED) is 0.560. The van der Waals surface area contributed by atoms with E-state index in [1.165, 1.54) is 0 Å². The van der Waals surface area contributed by atoms with E-state index in [1.54, 1.807) is 23.5 Å². The Balaban J connectivity index is 1.42. The Morgan fingerprint density at radius 3 is 2.32 bits per heavy atom. The lowest BCUT2D eigenvalue weighted by Gasteiger charge is -2.34. The number of fused-ring (bicyclic) bond motifs is 1. The van der Waals surface area contributed by atoms with Crippen molar-refractivity contribution in [3.63, 3.8) is 0 Å². The summed E-state index contributed by atoms with van der Waals surface area (Å²) >= 11 is 0. The van der Waals surface area contributed by atoms with Crippen LogP contribution in [0.15, 0.2) is 65.6 Å². The molecule has 7 heteroatoms. The standard InChI is InChI=1S/C24H28N2O4S/c1-3-30-23-11-8-19(16-24(23)29-2)18-25-12-14-26(15-13-25)31(27,28)22-10-9-20-6-4-5-7-21(20)17-22/h4-11,16-17H,3,12-15,18H2,1-2H3. The maximum atomic E-state index is 13.2. The molecule has 6 nitrogen and oxygen atoms in total. The summed E-state index contributed by atoms with van der Waals surface area (Å²) in [7, 11) is -1.87. The molecule has 31 heavy (non-hydrogen) atoms. The highest BCUT2D eigenvalue weighted by Gasteiger charge is 2.28. The topological polar surface area (TPSA) is 59.1 Å². The zero-order valence-electron chi connectivity index (χ0n) is 18.0. The lowest BCUT2D eigenvalue weighted by molar-refractivity contribution is 0.181. The van der Waals surface area contributed by atoms with Gasteiger partial charge in [0.05, 0.1) is 18.6 Å². The third-order valence-electron chi connectivity index (χ3n) is 5.62. The van der Waals surface area contributed by atoms with E-state index >= 15 is 0 Å². The zero-order valence-corrected chi connectivity index (χ0v) is 18.8. The number of ether oxygens (including phenoxy) is 2. The molecule has 164 valence electrons. The molecule has 1 heterocycles. The fourth-order valence-electron chi connectivity index (χ4n) is 3.95. The van der Waals surface area contributed by atoms with Crippen molar-refractivity contribution in [1.29, 1.82) is 0 Å². The number of hydrogen-bond donors (Lipinski definition) is 0. The molecule has 0 saturated carbocycles. The van der Waals surface area contributed by atoms with Gasteiger partial charge in [-0.25, -0.2) is 8.42 Å². The van der Waals surface area contributed by atoms with Gasteiger partial charge in [0.15, 0.2) is 11.5 Å². The number of benzene rings is 3. The number of nitrogens with zero attached hydrogens (tertiary/aromatic N) is 2. The van der Waals surface area contributed by atoms with Crippen molar-refractivity contribution in [2.24, 2.45) is 0 Å². The zero-order chi connectivity index (χ0) is 21.8. The van der Waals surface area contributed by atoms with Gasteiger partial charge in [0, 0.05) is 32.7 Å². The Bertz CT molecular complexity index is 1160. The number of hydrogen-bond acceptors (Lipinski definition) is 5. The first-order valence-corrected chi connectivity index (χ1v) is 12.0. The van der Waals surface area contributed by atoms with Crippen molar-refractivity contribution in [3.05, 3.63) is 66.2 Å².